The summed E-state index contributed by atoms with van der Waals surface area (Å²) in [5.41, 5.74) is 1.08. The molecule has 0 spiro atoms. The van der Waals surface area contributed by atoms with Crippen molar-refractivity contribution in [1.82, 2.24) is 0 Å². The topological polar surface area (TPSA) is 98.4 Å². The zero-order chi connectivity index (χ0) is 18.9. The lowest BCUT2D eigenvalue weighted by Crippen LogP contribution is -2.37. The van der Waals surface area contributed by atoms with Crippen molar-refractivity contribution < 1.29 is 18.1 Å². The minimum Gasteiger partial charge on any atom is -0.396 e. The van der Waals surface area contributed by atoms with E-state index < -0.39 is 15.5 Å². The van der Waals surface area contributed by atoms with Gasteiger partial charge in [-0.15, -0.1) is 0 Å². The molecule has 25 heavy (non-hydrogen) atoms. The summed E-state index contributed by atoms with van der Waals surface area (Å²) in [5.74, 6) is -0.128. The highest BCUT2D eigenvalue weighted by Crippen LogP contribution is 2.40. The first-order valence-electron chi connectivity index (χ1n) is 7.85. The number of aliphatic hydroxyl groups excluding tert-OH is 1. The average molecular weight is 361 g/mol. The van der Waals surface area contributed by atoms with Gasteiger partial charge in [0.25, 0.3) is 10.1 Å². The number of rotatable bonds is 5. The van der Waals surface area contributed by atoms with E-state index in [9.17, 15) is 18.8 Å². The summed E-state index contributed by atoms with van der Waals surface area (Å²) >= 11 is 0. The molecule has 0 aliphatic carbocycles. The van der Waals surface area contributed by atoms with Crippen molar-refractivity contribution in [2.45, 2.75) is 18.8 Å². The van der Waals surface area contributed by atoms with Crippen molar-refractivity contribution in [3.63, 3.8) is 0 Å². The molecule has 0 aromatic heterocycles. The van der Waals surface area contributed by atoms with E-state index in [4.69, 9.17) is 4.55 Å². The fraction of sp³-hybridized carbons (Fsp3) is 0.316. The third-order valence-corrected chi connectivity index (χ3v) is 3.96. The fourth-order valence-electron chi connectivity index (χ4n) is 2.83. The standard InChI is InChI=1S/C18H19NO.CH4O3S/c1-2-15(13-20)18(14-19,16-9-5-3-6-10-16)17-11-7-4-8-12-17;1-5(2,3)4/h3-12,15,20H,2,13H2,1H3;1H3,(H,2,3,4). The minimum absolute atomic E-state index is 0.00610. The Hall–Kier alpha value is -2.20. The molecule has 0 amide bonds. The fourth-order valence-corrected chi connectivity index (χ4v) is 2.83. The summed E-state index contributed by atoms with van der Waals surface area (Å²) in [6, 6.07) is 22.0. The molecule has 0 fully saturated rings. The maximum atomic E-state index is 9.95. The van der Waals surface area contributed by atoms with Crippen molar-refractivity contribution in [1.29, 1.82) is 5.26 Å². The van der Waals surface area contributed by atoms with Crippen LogP contribution < -0.4 is 0 Å². The summed E-state index contributed by atoms with van der Waals surface area (Å²) in [4.78, 5) is 0. The zero-order valence-corrected chi connectivity index (χ0v) is 15.1. The van der Waals surface area contributed by atoms with E-state index in [1.165, 1.54) is 0 Å². The molecule has 2 aromatic carbocycles. The molecular formula is C19H23NO4S. The molecule has 1 unspecified atom stereocenters. The molecular weight excluding hydrogens is 338 g/mol. The first-order valence-corrected chi connectivity index (χ1v) is 9.70. The van der Waals surface area contributed by atoms with E-state index in [1.807, 2.05) is 67.6 Å². The molecule has 0 bridgehead atoms. The third kappa shape index (κ3) is 5.68. The second kappa shape index (κ2) is 9.33. The van der Waals surface area contributed by atoms with Gasteiger partial charge in [-0.05, 0) is 17.5 Å². The molecule has 134 valence electrons. The first-order chi connectivity index (χ1) is 11.8. The predicted molar refractivity (Wildman–Crippen MR) is 97.6 cm³/mol. The second-order valence-corrected chi connectivity index (χ2v) is 7.14. The van der Waals surface area contributed by atoms with Crippen molar-refractivity contribution in [2.24, 2.45) is 5.92 Å². The molecule has 0 saturated heterocycles. The lowest BCUT2D eigenvalue weighted by molar-refractivity contribution is 0.188. The summed E-state index contributed by atoms with van der Waals surface area (Å²) in [5, 5.41) is 19.7. The van der Waals surface area contributed by atoms with Gasteiger partial charge >= 0.3 is 0 Å². The Labute approximate surface area is 149 Å². The number of aliphatic hydroxyl groups is 1. The van der Waals surface area contributed by atoms with Crippen LogP contribution in [0.3, 0.4) is 0 Å². The lowest BCUT2D eigenvalue weighted by atomic mass is 9.66. The highest BCUT2D eigenvalue weighted by atomic mass is 32.2. The summed E-state index contributed by atoms with van der Waals surface area (Å²) in [7, 11) is -3.67. The molecule has 2 rings (SSSR count). The van der Waals surface area contributed by atoms with Crippen molar-refractivity contribution in [2.75, 3.05) is 12.9 Å². The van der Waals surface area contributed by atoms with Crippen LogP contribution in [0.2, 0.25) is 0 Å². The van der Waals surface area contributed by atoms with E-state index in [-0.39, 0.29) is 12.5 Å². The Balaban J connectivity index is 0.000000550. The van der Waals surface area contributed by atoms with Crippen LogP contribution in [0.4, 0.5) is 0 Å². The van der Waals surface area contributed by atoms with Gasteiger partial charge in [0.1, 0.15) is 5.41 Å². The Kier molecular flexibility index (Phi) is 7.78. The highest BCUT2D eigenvalue weighted by molar-refractivity contribution is 7.85. The molecule has 2 aromatic rings. The SMILES string of the molecule is CCC(CO)C(C#N)(c1ccccc1)c1ccccc1.CS(=O)(=O)O. The largest absolute Gasteiger partial charge is 0.396 e. The van der Waals surface area contributed by atoms with Crippen molar-refractivity contribution in [3.05, 3.63) is 71.8 Å². The van der Waals surface area contributed by atoms with Gasteiger partial charge in [-0.25, -0.2) is 0 Å². The van der Waals surface area contributed by atoms with Crippen LogP contribution in [0.1, 0.15) is 24.5 Å². The summed E-state index contributed by atoms with van der Waals surface area (Å²) < 4.78 is 25.9. The van der Waals surface area contributed by atoms with Gasteiger partial charge in [-0.2, -0.15) is 13.7 Å². The predicted octanol–water partition coefficient (Wildman–Crippen LogP) is 3.02. The van der Waals surface area contributed by atoms with Gasteiger partial charge in [0.15, 0.2) is 0 Å². The van der Waals surface area contributed by atoms with Crippen molar-refractivity contribution >= 4 is 10.1 Å². The number of benzene rings is 2. The maximum Gasteiger partial charge on any atom is 0.261 e. The number of nitriles is 1. The zero-order valence-electron chi connectivity index (χ0n) is 14.3. The quantitative estimate of drug-likeness (QED) is 0.798. The molecule has 0 radical (unpaired) electrons. The summed E-state index contributed by atoms with van der Waals surface area (Å²) in [6.07, 6.45) is 1.46. The molecule has 5 nitrogen and oxygen atoms in total. The van der Waals surface area contributed by atoms with Crippen LogP contribution in [0.5, 0.6) is 0 Å². The molecule has 0 aliphatic rings. The minimum atomic E-state index is -3.67. The maximum absolute atomic E-state index is 9.95. The Morgan fingerprint density at radius 1 is 1.04 bits per heavy atom. The van der Waals surface area contributed by atoms with Gasteiger partial charge < -0.3 is 5.11 Å². The van der Waals surface area contributed by atoms with E-state index in [2.05, 4.69) is 6.07 Å². The first kappa shape index (κ1) is 20.8. The molecule has 0 aliphatic heterocycles. The summed E-state index contributed by atoms with van der Waals surface area (Å²) in [6.45, 7) is 2.01. The van der Waals surface area contributed by atoms with Gasteiger partial charge in [0, 0.05) is 12.5 Å². The van der Waals surface area contributed by atoms with Crippen LogP contribution in [0, 0.1) is 17.2 Å². The smallest absolute Gasteiger partial charge is 0.261 e. The van der Waals surface area contributed by atoms with Gasteiger partial charge in [0.2, 0.25) is 0 Å². The van der Waals surface area contributed by atoms with Crippen molar-refractivity contribution in [3.8, 4) is 6.07 Å². The van der Waals surface area contributed by atoms with Crippen LogP contribution in [0.25, 0.3) is 0 Å². The van der Waals surface area contributed by atoms with E-state index >= 15 is 0 Å². The number of hydrogen-bond acceptors (Lipinski definition) is 4. The van der Waals surface area contributed by atoms with Crippen LogP contribution in [-0.2, 0) is 15.5 Å². The van der Waals surface area contributed by atoms with E-state index in [0.29, 0.717) is 6.26 Å². The molecule has 6 heteroatoms. The molecule has 0 saturated carbocycles. The van der Waals surface area contributed by atoms with Crippen LogP contribution >= 0.6 is 0 Å². The normalized spacial score (nSPS) is 12.4. The molecule has 0 heterocycles. The van der Waals surface area contributed by atoms with Crippen LogP contribution in [0.15, 0.2) is 60.7 Å². The van der Waals surface area contributed by atoms with Crippen LogP contribution in [-0.4, -0.2) is 30.9 Å². The molecule has 2 N–H and O–H groups in total. The Morgan fingerprint density at radius 2 is 1.40 bits per heavy atom. The number of nitrogens with zero attached hydrogens (tertiary/aromatic N) is 1. The lowest BCUT2D eigenvalue weighted by Gasteiger charge is -2.34. The van der Waals surface area contributed by atoms with Gasteiger partial charge in [-0.3, -0.25) is 4.55 Å². The van der Waals surface area contributed by atoms with E-state index in [0.717, 1.165) is 17.5 Å². The van der Waals surface area contributed by atoms with E-state index in [1.54, 1.807) is 0 Å². The monoisotopic (exact) mass is 361 g/mol. The average Bonchev–Trinajstić information content (AvgIpc) is 2.60. The highest BCUT2D eigenvalue weighted by Gasteiger charge is 2.41. The van der Waals surface area contributed by atoms with Gasteiger partial charge in [-0.1, -0.05) is 67.6 Å². The van der Waals surface area contributed by atoms with Gasteiger partial charge in [0.05, 0.1) is 12.3 Å². The Morgan fingerprint density at radius 3 is 1.64 bits per heavy atom. The third-order valence-electron chi connectivity index (χ3n) is 3.96. The molecule has 1 atom stereocenters. The second-order valence-electron chi connectivity index (χ2n) is 5.67. The number of hydrogen-bond donors (Lipinski definition) is 2. The Bertz CT molecular complexity index is 732.